The number of hydrogen-bond acceptors (Lipinski definition) is 4. The van der Waals surface area contributed by atoms with E-state index in [2.05, 4.69) is 10.6 Å². The molecule has 188 valence electrons. The summed E-state index contributed by atoms with van der Waals surface area (Å²) in [4.78, 5) is 24.7. The van der Waals surface area contributed by atoms with Crippen molar-refractivity contribution in [2.24, 2.45) is 0 Å². The molecule has 0 aliphatic carbocycles. The molecule has 1 heterocycles. The van der Waals surface area contributed by atoms with E-state index in [9.17, 15) is 22.4 Å². The number of rotatable bonds is 7. The molecule has 2 amide bonds. The van der Waals surface area contributed by atoms with Gasteiger partial charge in [0.1, 0.15) is 10.7 Å². The summed E-state index contributed by atoms with van der Waals surface area (Å²) in [5, 5.41) is 5.39. The quantitative estimate of drug-likeness (QED) is 0.502. The Morgan fingerprint density at radius 2 is 1.83 bits per heavy atom. The van der Waals surface area contributed by atoms with Crippen LogP contribution in [-0.2, 0) is 32.6 Å². The summed E-state index contributed by atoms with van der Waals surface area (Å²) in [6, 6.07) is 17.5. The van der Waals surface area contributed by atoms with Gasteiger partial charge in [0.15, 0.2) is 0 Å². The maximum absolute atomic E-state index is 14.0. The van der Waals surface area contributed by atoms with E-state index >= 15 is 0 Å². The van der Waals surface area contributed by atoms with E-state index in [4.69, 9.17) is 0 Å². The fraction of sp³-hybridized carbons (Fsp3) is 0.259. The lowest BCUT2D eigenvalue weighted by molar-refractivity contribution is -0.122. The first-order valence-corrected chi connectivity index (χ1v) is 13.1. The average Bonchev–Trinajstić information content (AvgIpc) is 2.83. The molecule has 1 atom stereocenters. The highest BCUT2D eigenvalue weighted by molar-refractivity contribution is 7.89. The molecule has 3 aromatic rings. The van der Waals surface area contributed by atoms with Gasteiger partial charge in [-0.2, -0.15) is 4.31 Å². The van der Waals surface area contributed by atoms with Crippen molar-refractivity contribution in [3.8, 4) is 0 Å². The third-order valence-electron chi connectivity index (χ3n) is 6.16. The number of carbonyl (C=O) groups is 2. The van der Waals surface area contributed by atoms with Crippen molar-refractivity contribution in [1.29, 1.82) is 0 Å². The molecule has 9 heteroatoms. The summed E-state index contributed by atoms with van der Waals surface area (Å²) < 4.78 is 42.8. The normalized spacial score (nSPS) is 15.7. The molecule has 1 aliphatic rings. The van der Waals surface area contributed by atoms with E-state index < -0.39 is 21.9 Å². The minimum absolute atomic E-state index is 0.0118. The molecule has 0 unspecified atom stereocenters. The Labute approximate surface area is 210 Å². The monoisotopic (exact) mass is 509 g/mol. The summed E-state index contributed by atoms with van der Waals surface area (Å²) >= 11 is 0. The molecule has 0 radical (unpaired) electrons. The number of sulfonamides is 1. The molecule has 0 bridgehead atoms. The van der Waals surface area contributed by atoms with Crippen LogP contribution in [0.25, 0.3) is 0 Å². The van der Waals surface area contributed by atoms with Crippen molar-refractivity contribution < 1.29 is 22.4 Å². The van der Waals surface area contributed by atoms with Crippen LogP contribution in [0.1, 0.15) is 41.6 Å². The highest BCUT2D eigenvalue weighted by Crippen LogP contribution is 2.38. The number of anilines is 1. The van der Waals surface area contributed by atoms with Gasteiger partial charge in [0.05, 0.1) is 11.7 Å². The van der Waals surface area contributed by atoms with Crippen LogP contribution in [0, 0.1) is 12.7 Å². The van der Waals surface area contributed by atoms with Crippen molar-refractivity contribution in [3.05, 3.63) is 94.8 Å². The molecular formula is C27H28FN3O4S. The van der Waals surface area contributed by atoms with E-state index in [1.165, 1.54) is 29.4 Å². The van der Waals surface area contributed by atoms with E-state index in [-0.39, 0.29) is 41.9 Å². The number of nitrogens with one attached hydrogen (secondary N) is 2. The zero-order valence-corrected chi connectivity index (χ0v) is 20.9. The van der Waals surface area contributed by atoms with Gasteiger partial charge in [0.25, 0.3) is 0 Å². The molecule has 0 spiro atoms. The van der Waals surface area contributed by atoms with Gasteiger partial charge >= 0.3 is 0 Å². The molecule has 7 nitrogen and oxygen atoms in total. The minimum Gasteiger partial charge on any atom is -0.352 e. The Kier molecular flexibility index (Phi) is 7.51. The van der Waals surface area contributed by atoms with Gasteiger partial charge in [0, 0.05) is 26.4 Å². The summed E-state index contributed by atoms with van der Waals surface area (Å²) in [6.07, 6.45) is 0.394. The number of fused-ring (bicyclic) bond motifs is 1. The molecule has 1 aliphatic heterocycles. The fourth-order valence-corrected chi connectivity index (χ4v) is 6.32. The second-order valence-corrected chi connectivity index (χ2v) is 10.7. The van der Waals surface area contributed by atoms with Gasteiger partial charge in [-0.15, -0.1) is 0 Å². The van der Waals surface area contributed by atoms with Gasteiger partial charge in [-0.1, -0.05) is 42.5 Å². The smallest absolute Gasteiger partial charge is 0.245 e. The van der Waals surface area contributed by atoms with Crippen molar-refractivity contribution in [3.63, 3.8) is 0 Å². The lowest BCUT2D eigenvalue weighted by atomic mass is 9.92. The molecule has 36 heavy (non-hydrogen) atoms. The summed E-state index contributed by atoms with van der Waals surface area (Å²) in [5.41, 5.74) is 3.28. The minimum atomic E-state index is -4.08. The second-order valence-electron chi connectivity index (χ2n) is 8.87. The first-order chi connectivity index (χ1) is 17.1. The Morgan fingerprint density at radius 3 is 2.58 bits per heavy atom. The van der Waals surface area contributed by atoms with Crippen molar-refractivity contribution >= 4 is 27.5 Å². The summed E-state index contributed by atoms with van der Waals surface area (Å²) in [7, 11) is -4.08. The molecule has 2 N–H and O–H groups in total. The topological polar surface area (TPSA) is 95.6 Å². The predicted molar refractivity (Wildman–Crippen MR) is 135 cm³/mol. The molecule has 0 saturated heterocycles. The number of nitrogens with zero attached hydrogens (tertiary/aromatic N) is 1. The number of halogens is 1. The van der Waals surface area contributed by atoms with Gasteiger partial charge < -0.3 is 10.6 Å². The van der Waals surface area contributed by atoms with Crippen LogP contribution in [-0.4, -0.2) is 31.1 Å². The number of aryl methyl sites for hydroxylation is 1. The molecule has 0 aromatic heterocycles. The van der Waals surface area contributed by atoms with Crippen LogP contribution in [0.3, 0.4) is 0 Å². The molecule has 3 aromatic carbocycles. The lowest BCUT2D eigenvalue weighted by Crippen LogP contribution is -2.42. The maximum atomic E-state index is 14.0. The van der Waals surface area contributed by atoms with Crippen molar-refractivity contribution in [2.75, 3.05) is 11.9 Å². The van der Waals surface area contributed by atoms with Crippen molar-refractivity contribution in [2.45, 2.75) is 44.2 Å². The third-order valence-corrected chi connectivity index (χ3v) is 8.10. The van der Waals surface area contributed by atoms with Crippen LogP contribution in [0.2, 0.25) is 0 Å². The summed E-state index contributed by atoms with van der Waals surface area (Å²) in [6.45, 7) is 3.41. The van der Waals surface area contributed by atoms with Gasteiger partial charge in [0.2, 0.25) is 21.8 Å². The zero-order chi connectivity index (χ0) is 25.9. The van der Waals surface area contributed by atoms with Crippen LogP contribution in [0.4, 0.5) is 10.1 Å². The Balaban J connectivity index is 1.66. The number of amides is 2. The van der Waals surface area contributed by atoms with Crippen LogP contribution in [0.15, 0.2) is 71.6 Å². The highest BCUT2D eigenvalue weighted by atomic mass is 32.2. The van der Waals surface area contributed by atoms with E-state index in [1.54, 1.807) is 31.2 Å². The fourth-order valence-electron chi connectivity index (χ4n) is 4.49. The maximum Gasteiger partial charge on any atom is 0.245 e. The van der Waals surface area contributed by atoms with E-state index in [0.29, 0.717) is 12.0 Å². The Morgan fingerprint density at radius 1 is 1.06 bits per heavy atom. The van der Waals surface area contributed by atoms with Crippen LogP contribution >= 0.6 is 0 Å². The Bertz CT molecular complexity index is 1410. The largest absolute Gasteiger partial charge is 0.352 e. The zero-order valence-electron chi connectivity index (χ0n) is 20.1. The molecule has 0 fully saturated rings. The van der Waals surface area contributed by atoms with Gasteiger partial charge in [-0.05, 0) is 59.9 Å². The molecular weight excluding hydrogens is 481 g/mol. The highest BCUT2D eigenvalue weighted by Gasteiger charge is 2.38. The first-order valence-electron chi connectivity index (χ1n) is 11.6. The van der Waals surface area contributed by atoms with Gasteiger partial charge in [-0.25, -0.2) is 12.8 Å². The molecule has 4 rings (SSSR count). The summed E-state index contributed by atoms with van der Waals surface area (Å²) in [5.74, 6) is -1.13. The van der Waals surface area contributed by atoms with E-state index in [1.807, 2.05) is 24.3 Å². The van der Waals surface area contributed by atoms with Crippen LogP contribution < -0.4 is 10.6 Å². The second kappa shape index (κ2) is 10.6. The lowest BCUT2D eigenvalue weighted by Gasteiger charge is -2.36. The van der Waals surface area contributed by atoms with Crippen molar-refractivity contribution in [1.82, 2.24) is 9.62 Å². The standard InChI is InChI=1S/C27H28FN3O4S/c1-18-10-11-24(30-19(2)32)26(14-18)36(34,35)31-13-12-21-7-3-4-9-23(21)25(31)16-27(33)29-17-20-6-5-8-22(28)15-20/h3-11,14-15,25H,12-13,16-17H2,1-2H3,(H,29,33)(H,30,32)/t25-/m1/s1. The van der Waals surface area contributed by atoms with Gasteiger partial charge in [-0.3, -0.25) is 9.59 Å². The number of hydrogen-bond donors (Lipinski definition) is 2. The Hall–Kier alpha value is -3.56. The average molecular weight is 510 g/mol. The molecule has 0 saturated carbocycles. The third kappa shape index (κ3) is 5.63. The van der Waals surface area contributed by atoms with Crippen LogP contribution in [0.5, 0.6) is 0 Å². The first kappa shape index (κ1) is 25.5. The number of benzene rings is 3. The SMILES string of the molecule is CC(=O)Nc1ccc(C)cc1S(=O)(=O)N1CCc2ccccc2[C@H]1CC(=O)NCc1cccc(F)c1. The number of carbonyl (C=O) groups excluding carboxylic acids is 2. The predicted octanol–water partition coefficient (Wildman–Crippen LogP) is 4.09. The van der Waals surface area contributed by atoms with E-state index in [0.717, 1.165) is 16.7 Å².